The van der Waals surface area contributed by atoms with Gasteiger partial charge in [0.25, 0.3) is 0 Å². The molecule has 24 heavy (non-hydrogen) atoms. The maximum absolute atomic E-state index is 11.5. The SMILES string of the molecule is CCOc1cccc(CCC(CC)CC(N)C(=O)OC)c1OCC. The molecule has 0 aliphatic heterocycles. The number of aryl methyl sites for hydroxylation is 1. The molecule has 0 aliphatic rings. The van der Waals surface area contributed by atoms with Crippen LogP contribution < -0.4 is 15.2 Å². The summed E-state index contributed by atoms with van der Waals surface area (Å²) in [6, 6.07) is 5.44. The number of ether oxygens (including phenoxy) is 3. The number of rotatable bonds is 11. The third kappa shape index (κ3) is 6.04. The van der Waals surface area contributed by atoms with Crippen LogP contribution in [0.25, 0.3) is 0 Å². The Morgan fingerprint density at radius 2 is 1.88 bits per heavy atom. The molecule has 0 bridgehead atoms. The lowest BCUT2D eigenvalue weighted by atomic mass is 9.91. The second kappa shape index (κ2) is 10.9. The zero-order chi connectivity index (χ0) is 17.9. The van der Waals surface area contributed by atoms with E-state index in [-0.39, 0.29) is 5.97 Å². The van der Waals surface area contributed by atoms with Crippen molar-refractivity contribution >= 4 is 5.97 Å². The van der Waals surface area contributed by atoms with Gasteiger partial charge in [0, 0.05) is 0 Å². The van der Waals surface area contributed by atoms with Crippen LogP contribution in [0.15, 0.2) is 18.2 Å². The number of carbonyl (C=O) groups excluding carboxylic acids is 1. The second-order valence-electron chi connectivity index (χ2n) is 5.79. The van der Waals surface area contributed by atoms with Crippen LogP contribution in [0, 0.1) is 5.92 Å². The quantitative estimate of drug-likeness (QED) is 0.627. The fraction of sp³-hybridized carbons (Fsp3) is 0.632. The first-order valence-corrected chi connectivity index (χ1v) is 8.78. The number of esters is 1. The Morgan fingerprint density at radius 1 is 1.17 bits per heavy atom. The van der Waals surface area contributed by atoms with Gasteiger partial charge in [0.05, 0.1) is 20.3 Å². The zero-order valence-electron chi connectivity index (χ0n) is 15.3. The van der Waals surface area contributed by atoms with Crippen molar-refractivity contribution in [2.75, 3.05) is 20.3 Å². The average Bonchev–Trinajstić information content (AvgIpc) is 2.60. The van der Waals surface area contributed by atoms with Gasteiger partial charge in [0.1, 0.15) is 6.04 Å². The molecule has 5 nitrogen and oxygen atoms in total. The van der Waals surface area contributed by atoms with Crippen LogP contribution in [-0.4, -0.2) is 32.3 Å². The van der Waals surface area contributed by atoms with Crippen LogP contribution in [0.3, 0.4) is 0 Å². The van der Waals surface area contributed by atoms with Gasteiger partial charge in [-0.3, -0.25) is 4.79 Å². The first-order chi connectivity index (χ1) is 11.6. The van der Waals surface area contributed by atoms with Crippen molar-refractivity contribution in [3.05, 3.63) is 23.8 Å². The number of benzene rings is 1. The molecule has 2 atom stereocenters. The molecule has 0 fully saturated rings. The predicted molar refractivity (Wildman–Crippen MR) is 95.5 cm³/mol. The van der Waals surface area contributed by atoms with Gasteiger partial charge < -0.3 is 19.9 Å². The molecule has 136 valence electrons. The summed E-state index contributed by atoms with van der Waals surface area (Å²) in [7, 11) is 1.37. The van der Waals surface area contributed by atoms with Crippen molar-refractivity contribution in [1.29, 1.82) is 0 Å². The fourth-order valence-electron chi connectivity index (χ4n) is 2.79. The van der Waals surface area contributed by atoms with E-state index in [2.05, 4.69) is 13.0 Å². The summed E-state index contributed by atoms with van der Waals surface area (Å²) in [6.07, 6.45) is 3.41. The Labute approximate surface area is 145 Å². The van der Waals surface area contributed by atoms with Crippen molar-refractivity contribution in [2.45, 2.75) is 52.5 Å². The van der Waals surface area contributed by atoms with Crippen molar-refractivity contribution < 1.29 is 19.0 Å². The van der Waals surface area contributed by atoms with E-state index in [0.717, 1.165) is 36.3 Å². The van der Waals surface area contributed by atoms with Crippen LogP contribution in [-0.2, 0) is 16.0 Å². The first kappa shape index (κ1) is 20.3. The minimum atomic E-state index is -0.555. The monoisotopic (exact) mass is 337 g/mol. The molecular weight excluding hydrogens is 306 g/mol. The maximum Gasteiger partial charge on any atom is 0.322 e. The number of hydrogen-bond acceptors (Lipinski definition) is 5. The number of nitrogens with two attached hydrogens (primary N) is 1. The summed E-state index contributed by atoms with van der Waals surface area (Å²) in [4.78, 5) is 11.5. The normalized spacial score (nSPS) is 13.2. The molecule has 0 amide bonds. The Hall–Kier alpha value is -1.75. The minimum Gasteiger partial charge on any atom is -0.490 e. The summed E-state index contributed by atoms with van der Waals surface area (Å²) in [5, 5.41) is 0. The van der Waals surface area contributed by atoms with Crippen LogP contribution in [0.4, 0.5) is 0 Å². The molecular formula is C19H31NO4. The van der Waals surface area contributed by atoms with Gasteiger partial charge in [0.15, 0.2) is 11.5 Å². The molecule has 0 spiro atoms. The highest BCUT2D eigenvalue weighted by Gasteiger charge is 2.20. The molecule has 2 unspecified atom stereocenters. The molecule has 1 aromatic rings. The molecule has 0 radical (unpaired) electrons. The van der Waals surface area contributed by atoms with Gasteiger partial charge in [-0.15, -0.1) is 0 Å². The van der Waals surface area contributed by atoms with Crippen molar-refractivity contribution in [2.24, 2.45) is 11.7 Å². The van der Waals surface area contributed by atoms with Crippen LogP contribution >= 0.6 is 0 Å². The zero-order valence-corrected chi connectivity index (χ0v) is 15.3. The van der Waals surface area contributed by atoms with E-state index in [1.165, 1.54) is 7.11 Å². The van der Waals surface area contributed by atoms with Crippen molar-refractivity contribution in [3.63, 3.8) is 0 Å². The van der Waals surface area contributed by atoms with E-state index in [0.29, 0.717) is 25.6 Å². The Kier molecular flexibility index (Phi) is 9.23. The van der Waals surface area contributed by atoms with E-state index in [1.54, 1.807) is 0 Å². The smallest absolute Gasteiger partial charge is 0.322 e. The summed E-state index contributed by atoms with van der Waals surface area (Å²) < 4.78 is 16.2. The Morgan fingerprint density at radius 3 is 2.46 bits per heavy atom. The summed E-state index contributed by atoms with van der Waals surface area (Å²) >= 11 is 0. The summed E-state index contributed by atoms with van der Waals surface area (Å²) in [5.74, 6) is 1.64. The van der Waals surface area contributed by atoms with Crippen LogP contribution in [0.5, 0.6) is 11.5 Å². The lowest BCUT2D eigenvalue weighted by molar-refractivity contribution is -0.142. The van der Waals surface area contributed by atoms with E-state index in [1.807, 2.05) is 26.0 Å². The largest absolute Gasteiger partial charge is 0.490 e. The highest BCUT2D eigenvalue weighted by atomic mass is 16.5. The summed E-state index contributed by atoms with van der Waals surface area (Å²) in [5.41, 5.74) is 7.03. The fourth-order valence-corrected chi connectivity index (χ4v) is 2.79. The van der Waals surface area contributed by atoms with Gasteiger partial charge in [0.2, 0.25) is 0 Å². The second-order valence-corrected chi connectivity index (χ2v) is 5.79. The third-order valence-electron chi connectivity index (χ3n) is 4.14. The van der Waals surface area contributed by atoms with Crippen molar-refractivity contribution in [1.82, 2.24) is 0 Å². The number of carbonyl (C=O) groups is 1. The van der Waals surface area contributed by atoms with Gasteiger partial charge in [-0.25, -0.2) is 0 Å². The third-order valence-corrected chi connectivity index (χ3v) is 4.14. The molecule has 0 heterocycles. The molecule has 5 heteroatoms. The van der Waals surface area contributed by atoms with E-state index < -0.39 is 6.04 Å². The first-order valence-electron chi connectivity index (χ1n) is 8.78. The Balaban J connectivity index is 2.76. The topological polar surface area (TPSA) is 70.8 Å². The maximum atomic E-state index is 11.5. The van der Waals surface area contributed by atoms with E-state index in [4.69, 9.17) is 19.9 Å². The number of methoxy groups -OCH3 is 1. The molecule has 1 aromatic carbocycles. The van der Waals surface area contributed by atoms with Crippen molar-refractivity contribution in [3.8, 4) is 11.5 Å². The van der Waals surface area contributed by atoms with Gasteiger partial charge >= 0.3 is 5.97 Å². The summed E-state index contributed by atoms with van der Waals surface area (Å²) in [6.45, 7) is 7.26. The lowest BCUT2D eigenvalue weighted by Crippen LogP contribution is -2.33. The molecule has 1 rings (SSSR count). The van der Waals surface area contributed by atoms with Gasteiger partial charge in [-0.2, -0.15) is 0 Å². The van der Waals surface area contributed by atoms with Crippen LogP contribution in [0.2, 0.25) is 0 Å². The van der Waals surface area contributed by atoms with Crippen LogP contribution in [0.1, 0.15) is 45.6 Å². The average molecular weight is 337 g/mol. The standard InChI is InChI=1S/C19H31NO4/c1-5-14(13-16(20)19(21)22-4)11-12-15-9-8-10-17(23-6-2)18(15)24-7-3/h8-10,14,16H,5-7,11-13,20H2,1-4H3. The van der Waals surface area contributed by atoms with Gasteiger partial charge in [-0.1, -0.05) is 25.5 Å². The lowest BCUT2D eigenvalue weighted by Gasteiger charge is -2.20. The molecule has 0 saturated carbocycles. The Bertz CT molecular complexity index is 504. The molecule has 0 aromatic heterocycles. The number of hydrogen-bond donors (Lipinski definition) is 1. The molecule has 0 aliphatic carbocycles. The highest BCUT2D eigenvalue weighted by molar-refractivity contribution is 5.75. The van der Waals surface area contributed by atoms with E-state index >= 15 is 0 Å². The predicted octanol–water partition coefficient (Wildman–Crippen LogP) is 3.33. The van der Waals surface area contributed by atoms with E-state index in [9.17, 15) is 4.79 Å². The minimum absolute atomic E-state index is 0.346. The van der Waals surface area contributed by atoms with Gasteiger partial charge in [-0.05, 0) is 50.7 Å². The molecule has 2 N–H and O–H groups in total. The number of para-hydroxylation sites is 1. The molecule has 0 saturated heterocycles. The highest BCUT2D eigenvalue weighted by Crippen LogP contribution is 2.33.